The Bertz CT molecular complexity index is 417. The standard InChI is InChI=1S/C17H26BrNO/c1-3-10-19-13(2)15-7-8-17(16(18)12-15)20-11-9-14-5-4-6-14/h7-8,12-14,19H,3-6,9-11H2,1-2H3. The zero-order valence-electron chi connectivity index (χ0n) is 12.6. The molecule has 0 bridgehead atoms. The van der Waals surface area contributed by atoms with Gasteiger partial charge in [-0.25, -0.2) is 0 Å². The molecule has 0 heterocycles. The summed E-state index contributed by atoms with van der Waals surface area (Å²) >= 11 is 3.63. The minimum absolute atomic E-state index is 0.385. The highest BCUT2D eigenvalue weighted by atomic mass is 79.9. The molecule has 2 nitrogen and oxygen atoms in total. The number of rotatable bonds is 8. The van der Waals surface area contributed by atoms with Gasteiger partial charge < -0.3 is 10.1 Å². The normalized spacial score (nSPS) is 16.8. The maximum atomic E-state index is 5.89. The van der Waals surface area contributed by atoms with E-state index in [1.54, 1.807) is 0 Å². The van der Waals surface area contributed by atoms with Gasteiger partial charge in [0, 0.05) is 6.04 Å². The van der Waals surface area contributed by atoms with Crippen molar-refractivity contribution in [2.24, 2.45) is 5.92 Å². The van der Waals surface area contributed by atoms with Gasteiger partial charge in [0.15, 0.2) is 0 Å². The van der Waals surface area contributed by atoms with E-state index in [2.05, 4.69) is 53.3 Å². The Hall–Kier alpha value is -0.540. The van der Waals surface area contributed by atoms with Crippen molar-refractivity contribution < 1.29 is 4.74 Å². The molecule has 1 N–H and O–H groups in total. The first-order chi connectivity index (χ1) is 9.70. The highest BCUT2D eigenvalue weighted by Crippen LogP contribution is 2.31. The van der Waals surface area contributed by atoms with Crippen LogP contribution < -0.4 is 10.1 Å². The molecule has 1 unspecified atom stereocenters. The van der Waals surface area contributed by atoms with Crippen molar-refractivity contribution in [3.63, 3.8) is 0 Å². The topological polar surface area (TPSA) is 21.3 Å². The molecule has 0 radical (unpaired) electrons. The lowest BCUT2D eigenvalue weighted by atomic mass is 9.83. The smallest absolute Gasteiger partial charge is 0.133 e. The monoisotopic (exact) mass is 339 g/mol. The first-order valence-corrected chi connectivity index (χ1v) is 8.65. The van der Waals surface area contributed by atoms with Crippen LogP contribution in [0.5, 0.6) is 5.75 Å². The van der Waals surface area contributed by atoms with Gasteiger partial charge in [-0.1, -0.05) is 32.3 Å². The van der Waals surface area contributed by atoms with Crippen molar-refractivity contribution in [3.05, 3.63) is 28.2 Å². The van der Waals surface area contributed by atoms with Gasteiger partial charge in [-0.2, -0.15) is 0 Å². The van der Waals surface area contributed by atoms with Gasteiger partial charge in [0.2, 0.25) is 0 Å². The third kappa shape index (κ3) is 4.49. The molecule has 1 aromatic rings. The summed E-state index contributed by atoms with van der Waals surface area (Å²) in [4.78, 5) is 0. The highest BCUT2D eigenvalue weighted by Gasteiger charge is 2.17. The van der Waals surface area contributed by atoms with Gasteiger partial charge in [-0.15, -0.1) is 0 Å². The zero-order chi connectivity index (χ0) is 14.4. The third-order valence-electron chi connectivity index (χ3n) is 4.16. The quantitative estimate of drug-likeness (QED) is 0.713. The molecule has 2 rings (SSSR count). The summed E-state index contributed by atoms with van der Waals surface area (Å²) in [5.74, 6) is 1.88. The number of hydrogen-bond acceptors (Lipinski definition) is 2. The molecule has 0 aliphatic heterocycles. The summed E-state index contributed by atoms with van der Waals surface area (Å²) in [6, 6.07) is 6.81. The molecule has 1 aliphatic rings. The molecule has 1 saturated carbocycles. The molecule has 0 aromatic heterocycles. The molecule has 1 atom stereocenters. The zero-order valence-corrected chi connectivity index (χ0v) is 14.2. The Labute approximate surface area is 131 Å². The maximum absolute atomic E-state index is 5.89. The third-order valence-corrected chi connectivity index (χ3v) is 4.78. The van der Waals surface area contributed by atoms with Crippen molar-refractivity contribution in [2.75, 3.05) is 13.2 Å². The van der Waals surface area contributed by atoms with Crippen molar-refractivity contribution in [3.8, 4) is 5.75 Å². The Morgan fingerprint density at radius 3 is 2.80 bits per heavy atom. The predicted octanol–water partition coefficient (Wildman–Crippen LogP) is 5.08. The van der Waals surface area contributed by atoms with Gasteiger partial charge in [0.25, 0.3) is 0 Å². The molecule has 0 amide bonds. The molecule has 0 spiro atoms. The van der Waals surface area contributed by atoms with Gasteiger partial charge in [-0.05, 0) is 65.9 Å². The summed E-state index contributed by atoms with van der Waals surface area (Å²) in [5.41, 5.74) is 1.30. The van der Waals surface area contributed by atoms with E-state index in [-0.39, 0.29) is 0 Å². The minimum Gasteiger partial charge on any atom is -0.492 e. The van der Waals surface area contributed by atoms with Crippen molar-refractivity contribution >= 4 is 15.9 Å². The van der Waals surface area contributed by atoms with Gasteiger partial charge >= 0.3 is 0 Å². The summed E-state index contributed by atoms with van der Waals surface area (Å²) in [7, 11) is 0. The van der Waals surface area contributed by atoms with E-state index in [1.165, 1.54) is 31.2 Å². The van der Waals surface area contributed by atoms with Crippen LogP contribution in [0.1, 0.15) is 57.6 Å². The molecule has 1 fully saturated rings. The second kappa shape index (κ2) is 8.04. The lowest BCUT2D eigenvalue weighted by Crippen LogP contribution is -2.19. The molecule has 20 heavy (non-hydrogen) atoms. The highest BCUT2D eigenvalue weighted by molar-refractivity contribution is 9.10. The minimum atomic E-state index is 0.385. The first kappa shape index (κ1) is 15.8. The van der Waals surface area contributed by atoms with E-state index in [9.17, 15) is 0 Å². The molecular weight excluding hydrogens is 314 g/mol. The van der Waals surface area contributed by atoms with E-state index < -0.39 is 0 Å². The van der Waals surface area contributed by atoms with Crippen molar-refractivity contribution in [1.29, 1.82) is 0 Å². The SMILES string of the molecule is CCCNC(C)c1ccc(OCCC2CCC2)c(Br)c1. The molecule has 1 aromatic carbocycles. The summed E-state index contributed by atoms with van der Waals surface area (Å²) in [5, 5.41) is 3.51. The predicted molar refractivity (Wildman–Crippen MR) is 88.3 cm³/mol. The van der Waals surface area contributed by atoms with E-state index in [0.29, 0.717) is 6.04 Å². The van der Waals surface area contributed by atoms with Crippen LogP contribution in [-0.2, 0) is 0 Å². The largest absolute Gasteiger partial charge is 0.492 e. The van der Waals surface area contributed by atoms with Crippen LogP contribution in [0.15, 0.2) is 22.7 Å². The van der Waals surface area contributed by atoms with Crippen LogP contribution >= 0.6 is 15.9 Å². The van der Waals surface area contributed by atoms with E-state index in [4.69, 9.17) is 4.74 Å². The van der Waals surface area contributed by atoms with Crippen LogP contribution in [-0.4, -0.2) is 13.2 Å². The van der Waals surface area contributed by atoms with E-state index in [1.807, 2.05) is 0 Å². The van der Waals surface area contributed by atoms with Gasteiger partial charge in [-0.3, -0.25) is 0 Å². The van der Waals surface area contributed by atoms with Crippen molar-refractivity contribution in [2.45, 2.75) is 52.0 Å². The fraction of sp³-hybridized carbons (Fsp3) is 0.647. The summed E-state index contributed by atoms with van der Waals surface area (Å²) in [6.45, 7) is 6.29. The number of halogens is 1. The summed E-state index contributed by atoms with van der Waals surface area (Å²) < 4.78 is 6.96. The number of hydrogen-bond donors (Lipinski definition) is 1. The van der Waals surface area contributed by atoms with E-state index in [0.717, 1.165) is 35.7 Å². The molecule has 3 heteroatoms. The van der Waals surface area contributed by atoms with Crippen LogP contribution in [0.25, 0.3) is 0 Å². The fourth-order valence-corrected chi connectivity index (χ4v) is 3.01. The lowest BCUT2D eigenvalue weighted by Gasteiger charge is -2.25. The number of nitrogens with one attached hydrogen (secondary N) is 1. The Kier molecular flexibility index (Phi) is 6.37. The second-order valence-corrected chi connectivity index (χ2v) is 6.65. The van der Waals surface area contributed by atoms with Crippen molar-refractivity contribution in [1.82, 2.24) is 5.32 Å². The Balaban J connectivity index is 1.84. The van der Waals surface area contributed by atoms with Gasteiger partial charge in [0.05, 0.1) is 11.1 Å². The Morgan fingerprint density at radius 2 is 2.20 bits per heavy atom. The van der Waals surface area contributed by atoms with Crippen LogP contribution in [0, 0.1) is 5.92 Å². The first-order valence-electron chi connectivity index (χ1n) is 7.86. The molecule has 0 saturated heterocycles. The van der Waals surface area contributed by atoms with E-state index >= 15 is 0 Å². The van der Waals surface area contributed by atoms with Gasteiger partial charge in [0.1, 0.15) is 5.75 Å². The fourth-order valence-electron chi connectivity index (χ4n) is 2.50. The molecule has 1 aliphatic carbocycles. The lowest BCUT2D eigenvalue weighted by molar-refractivity contribution is 0.221. The van der Waals surface area contributed by atoms with Crippen LogP contribution in [0.3, 0.4) is 0 Å². The number of ether oxygens (including phenoxy) is 1. The summed E-state index contributed by atoms with van der Waals surface area (Å²) in [6.07, 6.45) is 6.55. The number of benzene rings is 1. The Morgan fingerprint density at radius 1 is 1.40 bits per heavy atom. The average Bonchev–Trinajstić information content (AvgIpc) is 2.40. The average molecular weight is 340 g/mol. The van der Waals surface area contributed by atoms with Crippen LogP contribution in [0.4, 0.5) is 0 Å². The molecule has 112 valence electrons. The maximum Gasteiger partial charge on any atom is 0.133 e. The molecular formula is C17H26BrNO. The van der Waals surface area contributed by atoms with Crippen LogP contribution in [0.2, 0.25) is 0 Å². The second-order valence-electron chi connectivity index (χ2n) is 5.80.